The van der Waals surface area contributed by atoms with Gasteiger partial charge >= 0.3 is 6.03 Å². The molecule has 10 nitrogen and oxygen atoms in total. The Labute approximate surface area is 302 Å². The Morgan fingerprint density at radius 3 is 2.10 bits per heavy atom. The topological polar surface area (TPSA) is 98.2 Å². The smallest absolute Gasteiger partial charge is 0.326 e. The van der Waals surface area contributed by atoms with Gasteiger partial charge in [0, 0.05) is 53.7 Å². The molecule has 0 aromatic heterocycles. The van der Waals surface area contributed by atoms with Crippen LogP contribution in [-0.4, -0.2) is 103 Å². The number of likely N-dealkylation sites (N-methyl/N-ethyl adjacent to an activating group) is 1. The van der Waals surface area contributed by atoms with E-state index in [4.69, 9.17) is 49.4 Å². The van der Waals surface area contributed by atoms with Crippen LogP contribution in [0.3, 0.4) is 0 Å². The van der Waals surface area contributed by atoms with E-state index in [9.17, 15) is 14.7 Å². The van der Waals surface area contributed by atoms with Gasteiger partial charge in [-0.1, -0.05) is 72.9 Å². The van der Waals surface area contributed by atoms with Crippen LogP contribution >= 0.6 is 34.8 Å². The van der Waals surface area contributed by atoms with Gasteiger partial charge in [0.25, 0.3) is 5.91 Å². The van der Waals surface area contributed by atoms with E-state index in [-0.39, 0.29) is 25.1 Å². The number of aliphatic hydroxyl groups is 1. The standard InChI is InChI=1S/C36H42Cl3N5O5/c1-6-49-30-20-28(36(2,3)22-45)29(39)19-27(30)34-40-32(23-7-11-25(37)12-8-23)33(24-9-13-26(38)14-10-24)44(34)35(47)43-17-15-42(16-18-43)21-31(46)41(4)48-5/h7-14,19-20,32-33,45H,6,15-18,21-22H2,1-5H3/t32-,33+/m0/s1. The summed E-state index contributed by atoms with van der Waals surface area (Å²) < 4.78 is 6.19. The van der Waals surface area contributed by atoms with Gasteiger partial charge in [-0.15, -0.1) is 0 Å². The van der Waals surface area contributed by atoms with Crippen molar-refractivity contribution in [3.63, 3.8) is 0 Å². The zero-order chi connectivity index (χ0) is 35.5. The molecule has 49 heavy (non-hydrogen) atoms. The number of aliphatic imine (C=N–C) groups is 1. The van der Waals surface area contributed by atoms with Crippen LogP contribution in [-0.2, 0) is 15.0 Å². The summed E-state index contributed by atoms with van der Waals surface area (Å²) in [4.78, 5) is 43.2. The molecule has 3 aromatic carbocycles. The average Bonchev–Trinajstić information content (AvgIpc) is 3.49. The molecule has 0 aliphatic carbocycles. The van der Waals surface area contributed by atoms with Gasteiger partial charge < -0.3 is 14.7 Å². The molecule has 1 saturated heterocycles. The third-order valence-electron chi connectivity index (χ3n) is 9.06. The normalized spacial score (nSPS) is 18.4. The second-order valence-corrected chi connectivity index (χ2v) is 14.0. The fourth-order valence-corrected chi connectivity index (χ4v) is 6.78. The van der Waals surface area contributed by atoms with Gasteiger partial charge in [0.1, 0.15) is 17.6 Å². The van der Waals surface area contributed by atoms with Crippen molar-refractivity contribution in [2.75, 3.05) is 60.1 Å². The number of piperazine rings is 1. The summed E-state index contributed by atoms with van der Waals surface area (Å²) >= 11 is 19.6. The molecule has 0 unspecified atom stereocenters. The molecule has 0 saturated carbocycles. The Balaban J connectivity index is 1.62. The molecule has 2 aliphatic rings. The fourth-order valence-electron chi connectivity index (χ4n) is 6.10. The van der Waals surface area contributed by atoms with E-state index in [2.05, 4.69) is 0 Å². The number of ether oxygens (including phenoxy) is 1. The quantitative estimate of drug-likeness (QED) is 0.236. The van der Waals surface area contributed by atoms with E-state index in [1.165, 1.54) is 12.2 Å². The maximum Gasteiger partial charge on any atom is 0.326 e. The Hall–Kier alpha value is -3.38. The maximum absolute atomic E-state index is 14.9. The number of nitrogens with zero attached hydrogens (tertiary/aromatic N) is 5. The van der Waals surface area contributed by atoms with E-state index in [0.29, 0.717) is 70.6 Å². The van der Waals surface area contributed by atoms with Crippen LogP contribution in [0.15, 0.2) is 65.7 Å². The van der Waals surface area contributed by atoms with Crippen LogP contribution in [0.25, 0.3) is 0 Å². The molecule has 3 aromatic rings. The first kappa shape index (κ1) is 36.9. The van der Waals surface area contributed by atoms with Crippen LogP contribution < -0.4 is 4.74 Å². The van der Waals surface area contributed by atoms with Crippen LogP contribution in [0.1, 0.15) is 55.1 Å². The van der Waals surface area contributed by atoms with Crippen molar-refractivity contribution in [3.05, 3.63) is 98.0 Å². The molecule has 1 fully saturated rings. The highest BCUT2D eigenvalue weighted by molar-refractivity contribution is 6.32. The lowest BCUT2D eigenvalue weighted by atomic mass is 9.84. The summed E-state index contributed by atoms with van der Waals surface area (Å²) in [7, 11) is 3.02. The van der Waals surface area contributed by atoms with E-state index in [1.54, 1.807) is 35.0 Å². The van der Waals surface area contributed by atoms with Crippen LogP contribution in [0.5, 0.6) is 5.75 Å². The van der Waals surface area contributed by atoms with E-state index < -0.39 is 17.5 Å². The number of carbonyl (C=O) groups excluding carboxylic acids is 2. The third-order valence-corrected chi connectivity index (χ3v) is 9.87. The first-order valence-corrected chi connectivity index (χ1v) is 17.3. The predicted molar refractivity (Wildman–Crippen MR) is 193 cm³/mol. The number of aliphatic hydroxyl groups excluding tert-OH is 1. The Kier molecular flexibility index (Phi) is 11.8. The molecule has 0 bridgehead atoms. The minimum Gasteiger partial charge on any atom is -0.493 e. The summed E-state index contributed by atoms with van der Waals surface area (Å²) in [6.07, 6.45) is 0. The lowest BCUT2D eigenvalue weighted by Crippen LogP contribution is -2.55. The first-order valence-electron chi connectivity index (χ1n) is 16.2. The van der Waals surface area contributed by atoms with Crippen LogP contribution in [0.2, 0.25) is 15.1 Å². The monoisotopic (exact) mass is 729 g/mol. The number of urea groups is 1. The number of amidine groups is 1. The van der Waals surface area contributed by atoms with Crippen molar-refractivity contribution in [1.29, 1.82) is 0 Å². The molecule has 3 amide bonds. The molecule has 2 atom stereocenters. The van der Waals surface area contributed by atoms with Crippen LogP contribution in [0.4, 0.5) is 4.79 Å². The summed E-state index contributed by atoms with van der Waals surface area (Å²) in [6, 6.07) is 17.2. The lowest BCUT2D eigenvalue weighted by Gasteiger charge is -2.39. The molecular formula is C36H42Cl3N5O5. The molecular weight excluding hydrogens is 689 g/mol. The van der Waals surface area contributed by atoms with E-state index in [1.807, 2.05) is 68.1 Å². The van der Waals surface area contributed by atoms with Crippen molar-refractivity contribution in [2.45, 2.75) is 38.3 Å². The molecule has 2 aliphatic heterocycles. The number of carbonyl (C=O) groups is 2. The Bertz CT molecular complexity index is 1680. The number of hydrogen-bond donors (Lipinski definition) is 1. The second kappa shape index (κ2) is 15.7. The summed E-state index contributed by atoms with van der Waals surface area (Å²) in [5.74, 6) is 0.734. The number of benzene rings is 3. The van der Waals surface area contributed by atoms with Gasteiger partial charge in [0.05, 0.1) is 38.5 Å². The third kappa shape index (κ3) is 8.01. The highest BCUT2D eigenvalue weighted by Gasteiger charge is 2.45. The summed E-state index contributed by atoms with van der Waals surface area (Å²) in [6.45, 7) is 7.90. The Morgan fingerprint density at radius 1 is 0.959 bits per heavy atom. The minimum atomic E-state index is -0.648. The molecule has 0 spiro atoms. The van der Waals surface area contributed by atoms with Gasteiger partial charge in [0.2, 0.25) is 0 Å². The number of amides is 3. The molecule has 262 valence electrons. The van der Waals surface area contributed by atoms with Gasteiger partial charge in [-0.2, -0.15) is 0 Å². The van der Waals surface area contributed by atoms with E-state index in [0.717, 1.165) is 11.1 Å². The predicted octanol–water partition coefficient (Wildman–Crippen LogP) is 6.62. The van der Waals surface area contributed by atoms with Crippen LogP contribution in [0, 0.1) is 0 Å². The van der Waals surface area contributed by atoms with Gasteiger partial charge in [0.15, 0.2) is 0 Å². The molecule has 1 N–H and O–H groups in total. The number of hydroxylamine groups is 2. The van der Waals surface area contributed by atoms with Crippen molar-refractivity contribution in [2.24, 2.45) is 4.99 Å². The highest BCUT2D eigenvalue weighted by atomic mass is 35.5. The lowest BCUT2D eigenvalue weighted by molar-refractivity contribution is -0.170. The SMILES string of the molecule is CCOc1cc(C(C)(C)CO)c(Cl)cc1C1=N[C@@H](c2ccc(Cl)cc2)[C@@H](c2ccc(Cl)cc2)N1C(=O)N1CCN(CC(=O)N(C)OC)CC1. The molecule has 5 rings (SSSR count). The number of rotatable bonds is 10. The molecule has 2 heterocycles. The zero-order valence-corrected chi connectivity index (χ0v) is 30.6. The van der Waals surface area contributed by atoms with Crippen molar-refractivity contribution in [1.82, 2.24) is 19.8 Å². The minimum absolute atomic E-state index is 0.125. The van der Waals surface area contributed by atoms with Gasteiger partial charge in [-0.3, -0.25) is 24.4 Å². The fraction of sp³-hybridized carbons (Fsp3) is 0.417. The first-order chi connectivity index (χ1) is 23.4. The van der Waals surface area contributed by atoms with Gasteiger partial charge in [-0.25, -0.2) is 9.86 Å². The van der Waals surface area contributed by atoms with Gasteiger partial charge in [-0.05, 0) is 60.0 Å². The Morgan fingerprint density at radius 2 is 1.55 bits per heavy atom. The number of hydrogen-bond acceptors (Lipinski definition) is 7. The second-order valence-electron chi connectivity index (χ2n) is 12.7. The van der Waals surface area contributed by atoms with Crippen molar-refractivity contribution >= 4 is 52.6 Å². The molecule has 0 radical (unpaired) electrons. The molecule has 13 heteroatoms. The zero-order valence-electron chi connectivity index (χ0n) is 28.3. The maximum atomic E-state index is 14.9. The average molecular weight is 731 g/mol. The summed E-state index contributed by atoms with van der Waals surface area (Å²) in [5.41, 5.74) is 2.33. The number of halogens is 3. The highest BCUT2D eigenvalue weighted by Crippen LogP contribution is 2.46. The van der Waals surface area contributed by atoms with Crippen molar-refractivity contribution in [3.8, 4) is 5.75 Å². The van der Waals surface area contributed by atoms with E-state index >= 15 is 0 Å². The summed E-state index contributed by atoms with van der Waals surface area (Å²) in [5, 5.41) is 12.9. The van der Waals surface area contributed by atoms with Crippen molar-refractivity contribution < 1.29 is 24.3 Å². The largest absolute Gasteiger partial charge is 0.493 e.